The number of rotatable bonds is 3. The van der Waals surface area contributed by atoms with Crippen LogP contribution in [0, 0.1) is 0 Å². The Hall–Kier alpha value is -2.33. The fourth-order valence-corrected chi connectivity index (χ4v) is 2.67. The number of para-hydroxylation sites is 1. The minimum Gasteiger partial charge on any atom is -0.492 e. The molecular formula is C15H12N2OS. The zero-order valence-electron chi connectivity index (χ0n) is 10.1. The van der Waals surface area contributed by atoms with Crippen molar-refractivity contribution in [1.82, 2.24) is 4.98 Å². The first-order chi connectivity index (χ1) is 9.33. The van der Waals surface area contributed by atoms with Crippen molar-refractivity contribution in [3.63, 3.8) is 0 Å². The summed E-state index contributed by atoms with van der Waals surface area (Å²) in [4.78, 5) is 4.92. The van der Waals surface area contributed by atoms with Crippen molar-refractivity contribution in [2.75, 3.05) is 5.32 Å². The summed E-state index contributed by atoms with van der Waals surface area (Å²) in [6, 6.07) is 19.5. The number of benzene rings is 2. The Bertz CT molecular complexity index is 665. The topological polar surface area (TPSA) is 45.2 Å². The molecule has 2 N–H and O–H groups in total. The van der Waals surface area contributed by atoms with Crippen LogP contribution in [0.4, 0.5) is 10.8 Å². The molecule has 2 aromatic carbocycles. The highest BCUT2D eigenvalue weighted by Gasteiger charge is 2.11. The molecule has 1 aromatic heterocycles. The number of nitrogens with zero attached hydrogens (tertiary/aromatic N) is 1. The number of hydrogen-bond donors (Lipinski definition) is 2. The summed E-state index contributed by atoms with van der Waals surface area (Å²) in [7, 11) is 0. The van der Waals surface area contributed by atoms with Crippen molar-refractivity contribution in [2.24, 2.45) is 0 Å². The van der Waals surface area contributed by atoms with Crippen LogP contribution in [-0.4, -0.2) is 10.1 Å². The molecule has 0 fully saturated rings. The molecule has 0 saturated carbocycles. The first-order valence-electron chi connectivity index (χ1n) is 5.90. The standard InChI is InChI=1S/C15H12N2OS/c18-14-13(11-7-3-1-4-8-11)19-15(17-14)16-12-9-5-2-6-10-12/h1-10,18H,(H,16,17). The van der Waals surface area contributed by atoms with E-state index in [0.717, 1.165) is 16.1 Å². The van der Waals surface area contributed by atoms with E-state index in [2.05, 4.69) is 10.3 Å². The SMILES string of the molecule is Oc1nc(Nc2ccccc2)sc1-c1ccccc1. The maximum Gasteiger partial charge on any atom is 0.232 e. The molecule has 0 saturated heterocycles. The Balaban J connectivity index is 1.90. The summed E-state index contributed by atoms with van der Waals surface area (Å²) < 4.78 is 0. The van der Waals surface area contributed by atoms with Gasteiger partial charge >= 0.3 is 0 Å². The molecule has 0 amide bonds. The van der Waals surface area contributed by atoms with E-state index in [-0.39, 0.29) is 5.88 Å². The van der Waals surface area contributed by atoms with E-state index in [0.29, 0.717) is 5.13 Å². The Labute approximate surface area is 115 Å². The summed E-state index contributed by atoms with van der Waals surface area (Å²) in [5.74, 6) is 0.0645. The third-order valence-corrected chi connectivity index (χ3v) is 3.68. The Morgan fingerprint density at radius 2 is 1.53 bits per heavy atom. The first-order valence-corrected chi connectivity index (χ1v) is 6.72. The van der Waals surface area contributed by atoms with Gasteiger partial charge in [-0.3, -0.25) is 0 Å². The van der Waals surface area contributed by atoms with Gasteiger partial charge < -0.3 is 10.4 Å². The van der Waals surface area contributed by atoms with Crippen LogP contribution in [0.3, 0.4) is 0 Å². The molecule has 0 atom stereocenters. The number of anilines is 2. The first kappa shape index (κ1) is 11.7. The average molecular weight is 268 g/mol. The van der Waals surface area contributed by atoms with Gasteiger partial charge in [-0.05, 0) is 17.7 Å². The Morgan fingerprint density at radius 1 is 0.895 bits per heavy atom. The van der Waals surface area contributed by atoms with Crippen molar-refractivity contribution in [3.05, 3.63) is 60.7 Å². The molecule has 0 spiro atoms. The molecule has 0 bridgehead atoms. The van der Waals surface area contributed by atoms with Gasteiger partial charge in [-0.25, -0.2) is 0 Å². The molecule has 94 valence electrons. The van der Waals surface area contributed by atoms with E-state index in [1.807, 2.05) is 60.7 Å². The van der Waals surface area contributed by atoms with Gasteiger partial charge in [0.15, 0.2) is 5.13 Å². The third-order valence-electron chi connectivity index (χ3n) is 2.67. The summed E-state index contributed by atoms with van der Waals surface area (Å²) >= 11 is 1.44. The van der Waals surface area contributed by atoms with E-state index >= 15 is 0 Å². The van der Waals surface area contributed by atoms with Gasteiger partial charge in [-0.15, -0.1) is 0 Å². The van der Waals surface area contributed by atoms with Gasteiger partial charge in [0, 0.05) is 5.69 Å². The number of aromatic nitrogens is 1. The van der Waals surface area contributed by atoms with Gasteiger partial charge in [0.1, 0.15) is 0 Å². The van der Waals surface area contributed by atoms with Crippen molar-refractivity contribution in [1.29, 1.82) is 0 Å². The Morgan fingerprint density at radius 3 is 2.21 bits per heavy atom. The molecule has 0 radical (unpaired) electrons. The van der Waals surface area contributed by atoms with Gasteiger partial charge in [0.05, 0.1) is 4.88 Å². The highest BCUT2D eigenvalue weighted by atomic mass is 32.1. The zero-order chi connectivity index (χ0) is 13.1. The summed E-state index contributed by atoms with van der Waals surface area (Å²) in [6.45, 7) is 0. The highest BCUT2D eigenvalue weighted by molar-refractivity contribution is 7.19. The monoisotopic (exact) mass is 268 g/mol. The largest absolute Gasteiger partial charge is 0.492 e. The lowest BCUT2D eigenvalue weighted by Crippen LogP contribution is -1.87. The lowest BCUT2D eigenvalue weighted by Gasteiger charge is -2.00. The van der Waals surface area contributed by atoms with Gasteiger partial charge in [-0.1, -0.05) is 59.9 Å². The van der Waals surface area contributed by atoms with Crippen LogP contribution >= 0.6 is 11.3 Å². The van der Waals surface area contributed by atoms with E-state index in [1.165, 1.54) is 11.3 Å². The second-order valence-electron chi connectivity index (χ2n) is 4.03. The predicted octanol–water partition coefficient (Wildman–Crippen LogP) is 4.26. The van der Waals surface area contributed by atoms with Crippen molar-refractivity contribution in [2.45, 2.75) is 0 Å². The van der Waals surface area contributed by atoms with Crippen molar-refractivity contribution >= 4 is 22.2 Å². The number of nitrogens with one attached hydrogen (secondary N) is 1. The molecule has 4 heteroatoms. The van der Waals surface area contributed by atoms with Crippen LogP contribution in [0.5, 0.6) is 5.88 Å². The quantitative estimate of drug-likeness (QED) is 0.746. The van der Waals surface area contributed by atoms with Crippen LogP contribution in [0.25, 0.3) is 10.4 Å². The van der Waals surface area contributed by atoms with Crippen molar-refractivity contribution in [3.8, 4) is 16.3 Å². The summed E-state index contributed by atoms with van der Waals surface area (Å²) in [6.07, 6.45) is 0. The lowest BCUT2D eigenvalue weighted by molar-refractivity contribution is 0.460. The van der Waals surface area contributed by atoms with Crippen LogP contribution < -0.4 is 5.32 Å². The van der Waals surface area contributed by atoms with Crippen molar-refractivity contribution < 1.29 is 5.11 Å². The molecule has 3 rings (SSSR count). The fraction of sp³-hybridized carbons (Fsp3) is 0. The molecule has 0 aliphatic carbocycles. The fourth-order valence-electron chi connectivity index (χ4n) is 1.79. The molecule has 0 unspecified atom stereocenters. The van der Waals surface area contributed by atoms with Gasteiger partial charge in [0.2, 0.25) is 5.88 Å². The predicted molar refractivity (Wildman–Crippen MR) is 78.9 cm³/mol. The molecule has 0 aliphatic rings. The number of hydrogen-bond acceptors (Lipinski definition) is 4. The Kier molecular flexibility index (Phi) is 3.16. The smallest absolute Gasteiger partial charge is 0.232 e. The van der Waals surface area contributed by atoms with E-state index < -0.39 is 0 Å². The van der Waals surface area contributed by atoms with Crippen LogP contribution in [0.15, 0.2) is 60.7 Å². The van der Waals surface area contributed by atoms with Gasteiger partial charge in [-0.2, -0.15) is 4.98 Å². The van der Waals surface area contributed by atoms with Crippen LogP contribution in [0.2, 0.25) is 0 Å². The minimum atomic E-state index is 0.0645. The zero-order valence-corrected chi connectivity index (χ0v) is 10.9. The van der Waals surface area contributed by atoms with E-state index in [9.17, 15) is 5.11 Å². The molecular weight excluding hydrogens is 256 g/mol. The van der Waals surface area contributed by atoms with E-state index in [4.69, 9.17) is 0 Å². The highest BCUT2D eigenvalue weighted by Crippen LogP contribution is 2.38. The normalized spacial score (nSPS) is 10.3. The van der Waals surface area contributed by atoms with Crippen LogP contribution in [-0.2, 0) is 0 Å². The van der Waals surface area contributed by atoms with E-state index in [1.54, 1.807) is 0 Å². The lowest BCUT2D eigenvalue weighted by atomic mass is 10.2. The second-order valence-corrected chi connectivity index (χ2v) is 5.03. The molecule has 19 heavy (non-hydrogen) atoms. The molecule has 1 heterocycles. The molecule has 0 aliphatic heterocycles. The summed E-state index contributed by atoms with van der Waals surface area (Å²) in [5.41, 5.74) is 1.93. The molecule has 3 nitrogen and oxygen atoms in total. The number of thiazole rings is 1. The van der Waals surface area contributed by atoms with Crippen LogP contribution in [0.1, 0.15) is 0 Å². The maximum atomic E-state index is 9.92. The molecule has 3 aromatic rings. The number of aromatic hydroxyl groups is 1. The summed E-state index contributed by atoms with van der Waals surface area (Å²) in [5, 5.41) is 13.8. The second kappa shape index (κ2) is 5.12. The third kappa shape index (κ3) is 2.58. The van der Waals surface area contributed by atoms with Gasteiger partial charge in [0.25, 0.3) is 0 Å². The minimum absolute atomic E-state index is 0.0645. The maximum absolute atomic E-state index is 9.92. The average Bonchev–Trinajstić information content (AvgIpc) is 2.82.